The molecule has 2 N–H and O–H groups in total. The van der Waals surface area contributed by atoms with Crippen molar-refractivity contribution < 1.29 is 22.7 Å². The van der Waals surface area contributed by atoms with Crippen LogP contribution in [-0.4, -0.2) is 33.6 Å². The molecule has 1 aliphatic rings. The summed E-state index contributed by atoms with van der Waals surface area (Å²) >= 11 is 12.5. The maximum atomic E-state index is 12.8. The number of hydrogen-bond acceptors (Lipinski definition) is 6. The van der Waals surface area contributed by atoms with Crippen molar-refractivity contribution in [2.75, 3.05) is 18.5 Å². The van der Waals surface area contributed by atoms with Crippen LogP contribution in [0.15, 0.2) is 29.0 Å². The van der Waals surface area contributed by atoms with E-state index < -0.39 is 16.0 Å². The largest absolute Gasteiger partial charge is 0.479 e. The van der Waals surface area contributed by atoms with Gasteiger partial charge in [0.2, 0.25) is 10.0 Å². The van der Waals surface area contributed by atoms with Crippen LogP contribution >= 0.6 is 23.2 Å². The van der Waals surface area contributed by atoms with Gasteiger partial charge in [0, 0.05) is 6.04 Å². The Morgan fingerprint density at radius 1 is 1.10 bits per heavy atom. The summed E-state index contributed by atoms with van der Waals surface area (Å²) in [5, 5.41) is 2.97. The molecule has 2 rings (SSSR count). The Balaban J connectivity index is 2.24. The molecule has 0 aromatic heterocycles. The molecule has 0 atom stereocenters. The minimum absolute atomic E-state index is 0.00666. The second kappa shape index (κ2) is 11.1. The molecule has 0 saturated heterocycles. The molecule has 0 heterocycles. The van der Waals surface area contributed by atoms with E-state index in [4.69, 9.17) is 32.7 Å². The zero-order valence-corrected chi connectivity index (χ0v) is 18.8. The molecule has 1 saturated carbocycles. The predicted octanol–water partition coefficient (Wildman–Crippen LogP) is 4.46. The first-order valence-corrected chi connectivity index (χ1v) is 11.8. The van der Waals surface area contributed by atoms with Crippen LogP contribution < -0.4 is 10.0 Å². The van der Waals surface area contributed by atoms with Crippen molar-refractivity contribution in [2.45, 2.75) is 56.9 Å². The monoisotopic (exact) mass is 464 g/mol. The average molecular weight is 465 g/mol. The molecule has 29 heavy (non-hydrogen) atoms. The summed E-state index contributed by atoms with van der Waals surface area (Å²) < 4.78 is 38.5. The summed E-state index contributed by atoms with van der Waals surface area (Å²) in [6.07, 6.45) is 5.87. The number of benzene rings is 1. The van der Waals surface area contributed by atoms with Gasteiger partial charge < -0.3 is 14.8 Å². The molecule has 0 amide bonds. The predicted molar refractivity (Wildman–Crippen MR) is 114 cm³/mol. The SMILES string of the molecule is CCOC(=O)/C=C(/Nc1cc(Cl)c(S(=O)(=O)NC2CCCCC2)cc1Cl)OCC. The molecule has 1 aromatic rings. The van der Waals surface area contributed by atoms with E-state index in [9.17, 15) is 13.2 Å². The summed E-state index contributed by atoms with van der Waals surface area (Å²) in [5.41, 5.74) is 0.303. The normalized spacial score (nSPS) is 15.8. The van der Waals surface area contributed by atoms with Crippen LogP contribution in [0, 0.1) is 0 Å². The Morgan fingerprint density at radius 3 is 2.38 bits per heavy atom. The second-order valence-electron chi connectivity index (χ2n) is 6.54. The van der Waals surface area contributed by atoms with E-state index >= 15 is 0 Å². The van der Waals surface area contributed by atoms with E-state index in [0.29, 0.717) is 12.3 Å². The number of carbonyl (C=O) groups excluding carboxylic acids is 1. The molecule has 1 aliphatic carbocycles. The molecule has 1 aromatic carbocycles. The molecule has 0 unspecified atom stereocenters. The fourth-order valence-electron chi connectivity index (χ4n) is 3.03. The molecule has 0 spiro atoms. The minimum atomic E-state index is -3.81. The number of carbonyl (C=O) groups is 1. The average Bonchev–Trinajstić information content (AvgIpc) is 2.65. The van der Waals surface area contributed by atoms with Gasteiger partial charge in [0.15, 0.2) is 5.88 Å². The third-order valence-corrected chi connectivity index (χ3v) is 6.63. The van der Waals surface area contributed by atoms with Gasteiger partial charge in [0.1, 0.15) is 4.90 Å². The van der Waals surface area contributed by atoms with E-state index in [1.165, 1.54) is 12.1 Å². The lowest BCUT2D eigenvalue weighted by molar-refractivity contribution is -0.137. The summed E-state index contributed by atoms with van der Waals surface area (Å²) in [4.78, 5) is 11.6. The Bertz CT molecular complexity index is 852. The number of nitrogens with one attached hydrogen (secondary N) is 2. The van der Waals surface area contributed by atoms with Gasteiger partial charge in [-0.15, -0.1) is 0 Å². The van der Waals surface area contributed by atoms with Crippen molar-refractivity contribution in [3.63, 3.8) is 0 Å². The van der Waals surface area contributed by atoms with Gasteiger partial charge in [-0.25, -0.2) is 17.9 Å². The third kappa shape index (κ3) is 7.06. The van der Waals surface area contributed by atoms with E-state index in [1.54, 1.807) is 13.8 Å². The van der Waals surface area contributed by atoms with Crippen LogP contribution in [0.5, 0.6) is 0 Å². The van der Waals surface area contributed by atoms with Crippen molar-refractivity contribution in [3.05, 3.63) is 34.1 Å². The highest BCUT2D eigenvalue weighted by Gasteiger charge is 2.25. The summed E-state index contributed by atoms with van der Waals surface area (Å²) in [5.74, 6) is -0.471. The fourth-order valence-corrected chi connectivity index (χ4v) is 5.16. The zero-order valence-electron chi connectivity index (χ0n) is 16.5. The van der Waals surface area contributed by atoms with Crippen molar-refractivity contribution in [1.82, 2.24) is 4.72 Å². The highest BCUT2D eigenvalue weighted by atomic mass is 35.5. The number of sulfonamides is 1. The zero-order chi connectivity index (χ0) is 21.4. The molecule has 1 fully saturated rings. The van der Waals surface area contributed by atoms with Crippen molar-refractivity contribution in [3.8, 4) is 0 Å². The van der Waals surface area contributed by atoms with Crippen LogP contribution in [0.3, 0.4) is 0 Å². The Labute approximate surface area is 181 Å². The number of hydrogen-bond donors (Lipinski definition) is 2. The van der Waals surface area contributed by atoms with E-state index in [0.717, 1.165) is 38.2 Å². The Kier molecular flexibility index (Phi) is 9.07. The van der Waals surface area contributed by atoms with E-state index in [-0.39, 0.29) is 33.5 Å². The lowest BCUT2D eigenvalue weighted by Gasteiger charge is -2.23. The highest BCUT2D eigenvalue weighted by Crippen LogP contribution is 2.33. The smallest absolute Gasteiger partial charge is 0.336 e. The van der Waals surface area contributed by atoms with Crippen molar-refractivity contribution in [2.24, 2.45) is 0 Å². The van der Waals surface area contributed by atoms with E-state index in [1.807, 2.05) is 0 Å². The molecule has 0 aliphatic heterocycles. The summed E-state index contributed by atoms with van der Waals surface area (Å²) in [7, 11) is -3.81. The fraction of sp³-hybridized carbons (Fsp3) is 0.526. The molecular weight excluding hydrogens is 439 g/mol. The highest BCUT2D eigenvalue weighted by molar-refractivity contribution is 7.89. The summed E-state index contributed by atoms with van der Waals surface area (Å²) in [6.45, 7) is 3.96. The van der Waals surface area contributed by atoms with Crippen LogP contribution in [0.25, 0.3) is 0 Å². The minimum Gasteiger partial charge on any atom is -0.479 e. The number of esters is 1. The quantitative estimate of drug-likeness (QED) is 0.318. The van der Waals surface area contributed by atoms with Gasteiger partial charge in [0.05, 0.1) is 35.0 Å². The van der Waals surface area contributed by atoms with Crippen LogP contribution in [-0.2, 0) is 24.3 Å². The molecular formula is C19H26Cl2N2O5S. The van der Waals surface area contributed by atoms with Crippen LogP contribution in [0.4, 0.5) is 5.69 Å². The lowest BCUT2D eigenvalue weighted by Crippen LogP contribution is -2.36. The first-order chi connectivity index (χ1) is 13.8. The maximum Gasteiger partial charge on any atom is 0.336 e. The first-order valence-electron chi connectivity index (χ1n) is 9.56. The number of ether oxygens (including phenoxy) is 2. The molecule has 0 radical (unpaired) electrons. The van der Waals surface area contributed by atoms with E-state index in [2.05, 4.69) is 10.0 Å². The van der Waals surface area contributed by atoms with Crippen LogP contribution in [0.2, 0.25) is 10.0 Å². The maximum absolute atomic E-state index is 12.8. The topological polar surface area (TPSA) is 93.7 Å². The van der Waals surface area contributed by atoms with Gasteiger partial charge in [-0.3, -0.25) is 0 Å². The van der Waals surface area contributed by atoms with Gasteiger partial charge in [-0.2, -0.15) is 0 Å². The number of halogens is 2. The van der Waals surface area contributed by atoms with Gasteiger partial charge >= 0.3 is 5.97 Å². The molecule has 7 nitrogen and oxygen atoms in total. The number of rotatable bonds is 9. The van der Waals surface area contributed by atoms with Crippen molar-refractivity contribution in [1.29, 1.82) is 0 Å². The Hall–Kier alpha value is -1.48. The van der Waals surface area contributed by atoms with Crippen molar-refractivity contribution >= 4 is 44.9 Å². The standard InChI is InChI=1S/C19H26Cl2N2O5S/c1-3-27-18(12-19(24)28-4-2)22-16-10-15(21)17(11-14(16)20)29(25,26)23-13-8-6-5-7-9-13/h10-13,22-23H,3-9H2,1-2H3/b18-12-. The first kappa shape index (κ1) is 23.8. The third-order valence-electron chi connectivity index (χ3n) is 4.33. The van der Waals surface area contributed by atoms with Gasteiger partial charge in [-0.1, -0.05) is 42.5 Å². The Morgan fingerprint density at radius 2 is 1.76 bits per heavy atom. The van der Waals surface area contributed by atoms with Gasteiger partial charge in [0.25, 0.3) is 0 Å². The lowest BCUT2D eigenvalue weighted by atomic mass is 9.96. The van der Waals surface area contributed by atoms with Crippen LogP contribution in [0.1, 0.15) is 46.0 Å². The summed E-state index contributed by atoms with van der Waals surface area (Å²) in [6, 6.07) is 2.57. The molecule has 162 valence electrons. The second-order valence-corrected chi connectivity index (χ2v) is 9.03. The molecule has 0 bridgehead atoms. The number of anilines is 1. The van der Waals surface area contributed by atoms with Gasteiger partial charge in [-0.05, 0) is 38.8 Å². The molecule has 10 heteroatoms.